The predicted octanol–water partition coefficient (Wildman–Crippen LogP) is 6.76. The lowest BCUT2D eigenvalue weighted by Gasteiger charge is -2.41. The number of halogens is 1. The first-order chi connectivity index (χ1) is 34.6. The van der Waals surface area contributed by atoms with Crippen molar-refractivity contribution in [2.45, 2.75) is 213 Å². The number of rotatable bonds is 13. The SMILES string of the molecule is C#C.CC.CC[C@H]1OC(=O)[C@H](C)[C@@H](O[C@H]2C[C@H](C)C[C@H](C)O2)[C@H](C)C[C@](C)(OC)C[C@@H](C)C(=O)[C@H](C)[C@@H](O)[C@@H]1O.CO.C[C@@H]1C[C@H](N(C)CCC(=O)N[C@H](CF)[C@H](O)c2ccc(N3CCCC3)cc2)C[C@H](O)O1. The molecule has 422 valence electrons. The van der Waals surface area contributed by atoms with Crippen LogP contribution in [-0.4, -0.2) is 163 Å². The number of terminal acetylenes is 1. The molecule has 0 aliphatic carbocycles. The Labute approximate surface area is 438 Å². The van der Waals surface area contributed by atoms with E-state index in [9.17, 15) is 39.2 Å². The fourth-order valence-corrected chi connectivity index (χ4v) is 10.6. The number of esters is 1. The number of hydrogen-bond acceptors (Lipinski definition) is 15. The highest BCUT2D eigenvalue weighted by molar-refractivity contribution is 5.83. The van der Waals surface area contributed by atoms with Crippen LogP contribution >= 0.6 is 0 Å². The van der Waals surface area contributed by atoms with Gasteiger partial charge in [-0.1, -0.05) is 60.6 Å². The number of alkyl halides is 1. The van der Waals surface area contributed by atoms with E-state index >= 15 is 0 Å². The molecular weight excluding hydrogens is 942 g/mol. The molecule has 73 heavy (non-hydrogen) atoms. The molecule has 4 heterocycles. The number of aliphatic hydroxyl groups excluding tert-OH is 5. The van der Waals surface area contributed by atoms with E-state index in [1.165, 1.54) is 12.8 Å². The van der Waals surface area contributed by atoms with Gasteiger partial charge in [0.1, 0.15) is 30.8 Å². The molecule has 5 rings (SSSR count). The van der Waals surface area contributed by atoms with Crippen LogP contribution in [0.4, 0.5) is 10.1 Å². The number of nitrogens with zero attached hydrogens (tertiary/aromatic N) is 2. The largest absolute Gasteiger partial charge is 0.459 e. The van der Waals surface area contributed by atoms with Gasteiger partial charge in [-0.3, -0.25) is 14.4 Å². The van der Waals surface area contributed by atoms with Crippen molar-refractivity contribution in [1.82, 2.24) is 10.2 Å². The molecule has 0 spiro atoms. The van der Waals surface area contributed by atoms with E-state index in [0.29, 0.717) is 43.7 Å². The van der Waals surface area contributed by atoms with E-state index in [-0.39, 0.29) is 42.3 Å². The van der Waals surface area contributed by atoms with E-state index in [1.807, 2.05) is 72.5 Å². The molecular formula is C56H98FN3O13. The van der Waals surface area contributed by atoms with Gasteiger partial charge >= 0.3 is 5.97 Å². The topological polar surface area (TPSA) is 217 Å². The summed E-state index contributed by atoms with van der Waals surface area (Å²) in [7, 11) is 4.54. The number of hydrogen-bond donors (Lipinski definition) is 6. The lowest BCUT2D eigenvalue weighted by Crippen LogP contribution is -2.49. The fourth-order valence-electron chi connectivity index (χ4n) is 10.6. The van der Waals surface area contributed by atoms with Crippen LogP contribution in [0.3, 0.4) is 0 Å². The average molecular weight is 1040 g/mol. The van der Waals surface area contributed by atoms with Crippen LogP contribution in [-0.2, 0) is 38.1 Å². The number of Topliss-reactive ketones (excluding diaryl/α,β-unsaturated/α-hetero) is 1. The minimum atomic E-state index is -1.38. The first-order valence-electron chi connectivity index (χ1n) is 26.8. The molecule has 1 aromatic carbocycles. The maximum absolute atomic E-state index is 13.6. The third-order valence-electron chi connectivity index (χ3n) is 14.7. The molecule has 4 aliphatic heterocycles. The zero-order valence-electron chi connectivity index (χ0n) is 46.9. The lowest BCUT2D eigenvalue weighted by atomic mass is 9.77. The number of amides is 1. The summed E-state index contributed by atoms with van der Waals surface area (Å²) in [5.74, 6) is -2.50. The summed E-state index contributed by atoms with van der Waals surface area (Å²) in [5, 5.41) is 51.7. The molecule has 1 aromatic rings. The Morgan fingerprint density at radius 3 is 2.03 bits per heavy atom. The number of ketones is 1. The van der Waals surface area contributed by atoms with Gasteiger partial charge in [-0.2, -0.15) is 0 Å². The highest BCUT2D eigenvalue weighted by Gasteiger charge is 2.44. The smallest absolute Gasteiger partial charge is 0.311 e. The van der Waals surface area contributed by atoms with Crippen molar-refractivity contribution in [1.29, 1.82) is 0 Å². The van der Waals surface area contributed by atoms with Gasteiger partial charge in [-0.05, 0) is 109 Å². The number of cyclic esters (lactones) is 1. The van der Waals surface area contributed by atoms with Gasteiger partial charge in [0.05, 0.1) is 42.0 Å². The van der Waals surface area contributed by atoms with Crippen LogP contribution < -0.4 is 10.2 Å². The van der Waals surface area contributed by atoms with Crippen molar-refractivity contribution in [2.75, 3.05) is 52.5 Å². The number of carbonyl (C=O) groups is 3. The van der Waals surface area contributed by atoms with Crippen molar-refractivity contribution in [3.63, 3.8) is 0 Å². The summed E-state index contributed by atoms with van der Waals surface area (Å²) in [6.07, 6.45) is 8.35. The van der Waals surface area contributed by atoms with Crippen molar-refractivity contribution in [2.24, 2.45) is 29.6 Å². The highest BCUT2D eigenvalue weighted by Crippen LogP contribution is 2.37. The summed E-state index contributed by atoms with van der Waals surface area (Å²) >= 11 is 0. The Morgan fingerprint density at radius 2 is 1.49 bits per heavy atom. The molecule has 0 aromatic heterocycles. The number of aliphatic hydroxyl groups is 5. The van der Waals surface area contributed by atoms with Gasteiger partial charge < -0.3 is 64.3 Å². The molecule has 0 radical (unpaired) electrons. The Hall–Kier alpha value is -3.28. The van der Waals surface area contributed by atoms with Gasteiger partial charge in [0.2, 0.25) is 5.91 Å². The highest BCUT2D eigenvalue weighted by atomic mass is 19.1. The van der Waals surface area contributed by atoms with Crippen molar-refractivity contribution in [3.8, 4) is 12.8 Å². The van der Waals surface area contributed by atoms with Gasteiger partial charge in [-0.15, -0.1) is 12.8 Å². The normalized spacial score (nSPS) is 34.0. The van der Waals surface area contributed by atoms with Crippen LogP contribution in [0.25, 0.3) is 0 Å². The van der Waals surface area contributed by atoms with E-state index in [2.05, 4.69) is 30.0 Å². The Morgan fingerprint density at radius 1 is 0.904 bits per heavy atom. The number of methoxy groups -OCH3 is 1. The zero-order chi connectivity index (χ0) is 55.7. The molecule has 0 unspecified atom stereocenters. The predicted molar refractivity (Wildman–Crippen MR) is 283 cm³/mol. The zero-order valence-corrected chi connectivity index (χ0v) is 46.9. The number of anilines is 1. The molecule has 17 atom stereocenters. The quantitative estimate of drug-likeness (QED) is 0.0890. The monoisotopic (exact) mass is 1040 g/mol. The Kier molecular flexibility index (Phi) is 31.9. The van der Waals surface area contributed by atoms with Gasteiger partial charge in [-0.25, -0.2) is 4.39 Å². The summed E-state index contributed by atoms with van der Waals surface area (Å²) in [4.78, 5) is 43.2. The Balaban J connectivity index is 0.000000667. The van der Waals surface area contributed by atoms with Crippen LogP contribution in [0.2, 0.25) is 0 Å². The standard InChI is InChI=1S/C28H50O8.C23H36FN3O4.C2H6.C2H2.CH4O/c1-10-21-25(31)24(30)19(6)23(29)16(3)13-28(8,33-9)14-17(4)26(20(7)27(32)35-21)36-22-12-15(2)11-18(5)34-22;1-16-13-19(14-22(29)31-16)26(2)12-9-21(28)25-20(15-24)23(30)17-5-7-18(8-6-17)27-10-3-4-11-27;3*1-2/h15-22,24-26,30-31H,10-14H2,1-9H3;5-8,16,19-20,22-23,29-30H,3-4,9-15H2,1-2H3,(H,25,28);1-2H3;1-2H;2H,1H3/t15-,16-,17-,18+,19+,20-,21-,22+,24-,25-,26+,28-;16-,19+,20-,22-,23-;;;/m11.../s1. The molecule has 16 nitrogen and oxygen atoms in total. The summed E-state index contributed by atoms with van der Waals surface area (Å²) in [6, 6.07) is 6.64. The van der Waals surface area contributed by atoms with E-state index in [4.69, 9.17) is 28.8 Å². The second-order valence-electron chi connectivity index (χ2n) is 20.7. The van der Waals surface area contributed by atoms with Crippen molar-refractivity contribution >= 4 is 23.3 Å². The maximum atomic E-state index is 13.6. The van der Waals surface area contributed by atoms with Crippen LogP contribution in [0.1, 0.15) is 152 Å². The lowest BCUT2D eigenvalue weighted by molar-refractivity contribution is -0.240. The third kappa shape index (κ3) is 21.3. The molecule has 4 fully saturated rings. The molecule has 1 amide bonds. The van der Waals surface area contributed by atoms with Crippen LogP contribution in [0.5, 0.6) is 0 Å². The molecule has 4 saturated heterocycles. The molecule has 0 saturated carbocycles. The van der Waals surface area contributed by atoms with Crippen molar-refractivity contribution < 1.29 is 68.0 Å². The third-order valence-corrected chi connectivity index (χ3v) is 14.7. The minimum absolute atomic E-state index is 0.0343. The number of ether oxygens (including phenoxy) is 5. The van der Waals surface area contributed by atoms with Crippen LogP contribution in [0.15, 0.2) is 24.3 Å². The van der Waals surface area contributed by atoms with Crippen molar-refractivity contribution in [3.05, 3.63) is 29.8 Å². The maximum Gasteiger partial charge on any atom is 0.311 e. The second-order valence-corrected chi connectivity index (χ2v) is 20.7. The minimum Gasteiger partial charge on any atom is -0.459 e. The van der Waals surface area contributed by atoms with Crippen LogP contribution in [0, 0.1) is 42.4 Å². The molecule has 4 aliphatic rings. The molecule has 17 heteroatoms. The molecule has 6 N–H and O–H groups in total. The average Bonchev–Trinajstić information content (AvgIpc) is 3.93. The van der Waals surface area contributed by atoms with E-state index in [1.54, 1.807) is 40.0 Å². The van der Waals surface area contributed by atoms with Gasteiger partial charge in [0.25, 0.3) is 0 Å². The second kappa shape index (κ2) is 34.4. The first kappa shape index (κ1) is 67.7. The first-order valence-corrected chi connectivity index (χ1v) is 26.8. The fraction of sp³-hybridized carbons (Fsp3) is 0.804. The number of nitrogens with one attached hydrogen (secondary N) is 1. The summed E-state index contributed by atoms with van der Waals surface area (Å²) < 4.78 is 43.2. The van der Waals surface area contributed by atoms with Gasteiger partial charge in [0, 0.05) is 76.7 Å². The number of carbonyl (C=O) groups excluding carboxylic acids is 3. The summed E-state index contributed by atoms with van der Waals surface area (Å²) in [6.45, 7) is 22.8. The molecule has 0 bridgehead atoms. The van der Waals surface area contributed by atoms with E-state index in [0.717, 1.165) is 45.1 Å². The van der Waals surface area contributed by atoms with E-state index < -0.39 is 85.1 Å². The van der Waals surface area contributed by atoms with Gasteiger partial charge in [0.15, 0.2) is 12.6 Å². The summed E-state index contributed by atoms with van der Waals surface area (Å²) in [5.41, 5.74) is 1.03. The Bertz CT molecular complexity index is 1700. The number of benzene rings is 1.